The van der Waals surface area contributed by atoms with Gasteiger partial charge in [-0.25, -0.2) is 0 Å². The van der Waals surface area contributed by atoms with Crippen molar-refractivity contribution in [3.8, 4) is 5.75 Å². The van der Waals surface area contributed by atoms with Crippen molar-refractivity contribution >= 4 is 54.9 Å². The van der Waals surface area contributed by atoms with Gasteiger partial charge in [-0.2, -0.15) is 0 Å². The second-order valence-corrected chi connectivity index (χ2v) is 5.95. The van der Waals surface area contributed by atoms with Crippen LogP contribution in [-0.4, -0.2) is 16.8 Å². The lowest BCUT2D eigenvalue weighted by Gasteiger charge is -2.17. The van der Waals surface area contributed by atoms with E-state index < -0.39 is 11.7 Å². The Bertz CT molecular complexity index is 735. The summed E-state index contributed by atoms with van der Waals surface area (Å²) in [5, 5.41) is 9.72. The molecule has 100 valence electrons. The van der Waals surface area contributed by atoms with E-state index in [4.69, 9.17) is 0 Å². The summed E-state index contributed by atoms with van der Waals surface area (Å²) in [4.78, 5) is 25.4. The smallest absolute Gasteiger partial charge is 0.304 e. The minimum absolute atomic E-state index is 0.0417. The van der Waals surface area contributed by atoms with Crippen molar-refractivity contribution in [1.82, 2.24) is 0 Å². The summed E-state index contributed by atoms with van der Waals surface area (Å²) in [6.07, 6.45) is 0. The Morgan fingerprint density at radius 2 is 1.60 bits per heavy atom. The van der Waals surface area contributed by atoms with E-state index in [1.807, 2.05) is 0 Å². The maximum absolute atomic E-state index is 12.2. The quantitative estimate of drug-likeness (QED) is 0.746. The zero-order chi connectivity index (χ0) is 14.4. The molecule has 1 N–H and O–H groups in total. The molecule has 3 rings (SSSR count). The van der Waals surface area contributed by atoms with Crippen LogP contribution in [0.4, 0.5) is 11.4 Å². The summed E-state index contributed by atoms with van der Waals surface area (Å²) >= 11 is 6.43. The molecule has 0 aliphatic carbocycles. The van der Waals surface area contributed by atoms with Crippen LogP contribution >= 0.6 is 31.9 Å². The van der Waals surface area contributed by atoms with Crippen LogP contribution in [0.3, 0.4) is 0 Å². The number of halogens is 2. The average molecular weight is 397 g/mol. The minimum Gasteiger partial charge on any atom is -0.506 e. The van der Waals surface area contributed by atoms with Gasteiger partial charge in [-0.05, 0) is 56.1 Å². The van der Waals surface area contributed by atoms with E-state index in [9.17, 15) is 14.7 Å². The molecule has 0 saturated heterocycles. The van der Waals surface area contributed by atoms with Gasteiger partial charge in [0.1, 0.15) is 5.75 Å². The predicted octanol–water partition coefficient (Wildman–Crippen LogP) is 3.78. The fraction of sp³-hybridized carbons (Fsp3) is 0. The third-order valence-corrected chi connectivity index (χ3v) is 4.26. The minimum atomic E-state index is -0.601. The number of carbonyl (C=O) groups excluding carboxylic acids is 2. The molecule has 4 nitrogen and oxygen atoms in total. The Labute approximate surface area is 131 Å². The molecule has 1 aliphatic heterocycles. The van der Waals surface area contributed by atoms with Crippen LogP contribution < -0.4 is 4.90 Å². The molecule has 2 aromatic carbocycles. The number of Topliss-reactive ketones (excluding diaryl/α,β-unsaturated/α-hetero) is 1. The van der Waals surface area contributed by atoms with Crippen LogP contribution in [0.1, 0.15) is 10.4 Å². The number of rotatable bonds is 1. The standard InChI is InChI=1S/C14H7Br2NO3/c15-9-5-7(6-10(16)13(9)19)17-11-4-2-1-3-8(11)12(18)14(17)20/h1-6,19H. The van der Waals surface area contributed by atoms with Gasteiger partial charge in [0, 0.05) is 0 Å². The zero-order valence-corrected chi connectivity index (χ0v) is 13.1. The maximum Gasteiger partial charge on any atom is 0.304 e. The van der Waals surface area contributed by atoms with Gasteiger partial charge in [0.05, 0.1) is 25.9 Å². The molecule has 0 saturated carbocycles. The number of benzene rings is 2. The number of nitrogens with zero attached hydrogens (tertiary/aromatic N) is 1. The van der Waals surface area contributed by atoms with E-state index in [-0.39, 0.29) is 5.75 Å². The van der Waals surface area contributed by atoms with E-state index in [1.54, 1.807) is 36.4 Å². The molecule has 0 atom stereocenters. The highest BCUT2D eigenvalue weighted by Crippen LogP contribution is 2.41. The van der Waals surface area contributed by atoms with Crippen molar-refractivity contribution < 1.29 is 14.7 Å². The van der Waals surface area contributed by atoms with Crippen LogP contribution in [0, 0.1) is 0 Å². The van der Waals surface area contributed by atoms with Gasteiger partial charge < -0.3 is 5.11 Å². The van der Waals surface area contributed by atoms with Gasteiger partial charge in [0.15, 0.2) is 0 Å². The van der Waals surface area contributed by atoms with E-state index >= 15 is 0 Å². The van der Waals surface area contributed by atoms with Gasteiger partial charge in [-0.3, -0.25) is 14.5 Å². The molecule has 0 fully saturated rings. The van der Waals surface area contributed by atoms with E-state index in [0.29, 0.717) is 25.9 Å². The molecule has 1 amide bonds. The molecule has 1 aliphatic rings. The van der Waals surface area contributed by atoms with E-state index in [2.05, 4.69) is 31.9 Å². The monoisotopic (exact) mass is 395 g/mol. The molecule has 6 heteroatoms. The number of hydrogen-bond acceptors (Lipinski definition) is 3. The number of ketones is 1. The Morgan fingerprint density at radius 1 is 1.00 bits per heavy atom. The second-order valence-electron chi connectivity index (χ2n) is 4.24. The van der Waals surface area contributed by atoms with Crippen molar-refractivity contribution in [2.45, 2.75) is 0 Å². The van der Waals surface area contributed by atoms with Crippen LogP contribution in [-0.2, 0) is 4.79 Å². The molecule has 0 unspecified atom stereocenters. The summed E-state index contributed by atoms with van der Waals surface area (Å²) in [6, 6.07) is 10.0. The van der Waals surface area contributed by atoms with Crippen molar-refractivity contribution in [1.29, 1.82) is 0 Å². The molecule has 20 heavy (non-hydrogen) atoms. The first-order chi connectivity index (χ1) is 9.50. The number of para-hydroxylation sites is 1. The van der Waals surface area contributed by atoms with Crippen LogP contribution in [0.2, 0.25) is 0 Å². The Hall–Kier alpha value is -1.66. The number of carbonyl (C=O) groups is 2. The van der Waals surface area contributed by atoms with Gasteiger partial charge in [-0.1, -0.05) is 12.1 Å². The second kappa shape index (κ2) is 4.71. The van der Waals surface area contributed by atoms with Crippen LogP contribution in [0.15, 0.2) is 45.3 Å². The SMILES string of the molecule is O=C1C(=O)N(c2cc(Br)c(O)c(Br)c2)c2ccccc21. The zero-order valence-electron chi connectivity index (χ0n) is 9.93. The molecule has 0 bridgehead atoms. The number of phenolic OH excluding ortho intramolecular Hbond substituents is 1. The van der Waals surface area contributed by atoms with Gasteiger partial charge in [0.25, 0.3) is 5.78 Å². The van der Waals surface area contributed by atoms with Crippen molar-refractivity contribution in [2.75, 3.05) is 4.90 Å². The molecular weight excluding hydrogens is 390 g/mol. The lowest BCUT2D eigenvalue weighted by molar-refractivity contribution is -0.113. The molecule has 0 spiro atoms. The highest BCUT2D eigenvalue weighted by atomic mass is 79.9. The van der Waals surface area contributed by atoms with Crippen molar-refractivity contribution in [3.05, 3.63) is 50.9 Å². The molecule has 2 aromatic rings. The predicted molar refractivity (Wildman–Crippen MR) is 81.4 cm³/mol. The first-order valence-electron chi connectivity index (χ1n) is 5.66. The summed E-state index contributed by atoms with van der Waals surface area (Å²) in [5.74, 6) is -1.09. The third kappa shape index (κ3) is 1.87. The number of amides is 1. The number of fused-ring (bicyclic) bond motifs is 1. The largest absolute Gasteiger partial charge is 0.506 e. The Balaban J connectivity index is 2.21. The topological polar surface area (TPSA) is 57.6 Å². The normalized spacial score (nSPS) is 13.8. The summed E-state index contributed by atoms with van der Waals surface area (Å²) in [7, 11) is 0. The molecule has 0 radical (unpaired) electrons. The van der Waals surface area contributed by atoms with Crippen molar-refractivity contribution in [3.63, 3.8) is 0 Å². The first-order valence-corrected chi connectivity index (χ1v) is 7.25. The summed E-state index contributed by atoms with van der Waals surface area (Å²) in [6.45, 7) is 0. The average Bonchev–Trinajstić information content (AvgIpc) is 2.68. The van der Waals surface area contributed by atoms with Crippen molar-refractivity contribution in [2.24, 2.45) is 0 Å². The lowest BCUT2D eigenvalue weighted by Crippen LogP contribution is -2.24. The third-order valence-electron chi connectivity index (χ3n) is 3.05. The maximum atomic E-state index is 12.2. The number of phenols is 1. The fourth-order valence-electron chi connectivity index (χ4n) is 2.12. The summed E-state index contributed by atoms with van der Waals surface area (Å²) < 4.78 is 0.873. The highest BCUT2D eigenvalue weighted by molar-refractivity contribution is 9.11. The highest BCUT2D eigenvalue weighted by Gasteiger charge is 2.36. The molecule has 0 aromatic heterocycles. The van der Waals surface area contributed by atoms with Crippen LogP contribution in [0.5, 0.6) is 5.75 Å². The molecular formula is C14H7Br2NO3. The number of hydrogen-bond donors (Lipinski definition) is 1. The summed E-state index contributed by atoms with van der Waals surface area (Å²) in [5.41, 5.74) is 1.44. The van der Waals surface area contributed by atoms with Crippen LogP contribution in [0.25, 0.3) is 0 Å². The Kier molecular flexibility index (Phi) is 3.14. The lowest BCUT2D eigenvalue weighted by atomic mass is 10.1. The number of aromatic hydroxyl groups is 1. The van der Waals surface area contributed by atoms with Gasteiger partial charge in [0.2, 0.25) is 0 Å². The molecule has 1 heterocycles. The van der Waals surface area contributed by atoms with Gasteiger partial charge in [-0.15, -0.1) is 0 Å². The number of anilines is 2. The fourth-order valence-corrected chi connectivity index (χ4v) is 3.29. The Morgan fingerprint density at radius 3 is 2.25 bits per heavy atom. The van der Waals surface area contributed by atoms with Gasteiger partial charge >= 0.3 is 5.91 Å². The van der Waals surface area contributed by atoms with E-state index in [0.717, 1.165) is 0 Å². The van der Waals surface area contributed by atoms with E-state index in [1.165, 1.54) is 4.90 Å². The first kappa shape index (κ1) is 13.3.